The number of nitrogens with zero attached hydrogens (tertiary/aromatic N) is 2. The van der Waals surface area contributed by atoms with E-state index in [4.69, 9.17) is 18.8 Å². The van der Waals surface area contributed by atoms with Crippen molar-refractivity contribution in [1.82, 2.24) is 14.4 Å². The van der Waals surface area contributed by atoms with Crippen molar-refractivity contribution in [2.75, 3.05) is 13.2 Å². The molecule has 14 heteroatoms. The monoisotopic (exact) mass is 557 g/mol. The molecule has 1 aromatic carbocycles. The van der Waals surface area contributed by atoms with Crippen molar-refractivity contribution in [2.24, 2.45) is 5.92 Å². The van der Waals surface area contributed by atoms with Gasteiger partial charge in [-0.25, -0.2) is 9.18 Å². The fourth-order valence-electron chi connectivity index (χ4n) is 3.68. The molecule has 0 radical (unpaired) electrons. The molecule has 0 aliphatic carbocycles. The molecule has 0 saturated carbocycles. The van der Waals surface area contributed by atoms with Gasteiger partial charge in [0.05, 0.1) is 13.2 Å². The molecular weight excluding hydrogens is 524 g/mol. The largest absolute Gasteiger partial charge is 0.464 e. The average molecular weight is 558 g/mol. The maximum absolute atomic E-state index is 15.5. The first-order chi connectivity index (χ1) is 17.9. The summed E-state index contributed by atoms with van der Waals surface area (Å²) < 4.78 is 45.8. The van der Waals surface area contributed by atoms with E-state index in [2.05, 4.69) is 0 Å². The number of aliphatic hydroxyl groups excluding tert-OH is 1. The second-order valence-corrected chi connectivity index (χ2v) is 10.6. The van der Waals surface area contributed by atoms with Crippen LogP contribution in [0.25, 0.3) is 0 Å². The highest BCUT2D eigenvalue weighted by Gasteiger charge is 2.55. The quantitative estimate of drug-likeness (QED) is 0.226. The van der Waals surface area contributed by atoms with Crippen molar-refractivity contribution in [3.63, 3.8) is 0 Å². The summed E-state index contributed by atoms with van der Waals surface area (Å²) >= 11 is 0. The van der Waals surface area contributed by atoms with Gasteiger partial charge in [-0.2, -0.15) is 0 Å². The molecule has 0 bridgehead atoms. The highest BCUT2D eigenvalue weighted by atomic mass is 31.1. The molecule has 38 heavy (non-hydrogen) atoms. The highest BCUT2D eigenvalue weighted by Crippen LogP contribution is 2.41. The van der Waals surface area contributed by atoms with Gasteiger partial charge in [0.25, 0.3) is 5.56 Å². The number of hydroxylamine groups is 1. The fourth-order valence-corrected chi connectivity index (χ4v) is 4.71. The minimum Gasteiger partial charge on any atom is -0.464 e. The first kappa shape index (κ1) is 29.7. The number of hydrogen-bond acceptors (Lipinski definition) is 9. The van der Waals surface area contributed by atoms with Crippen LogP contribution in [0.3, 0.4) is 0 Å². The topological polar surface area (TPSA) is 149 Å². The number of para-hydroxylation sites is 1. The molecule has 1 saturated heterocycles. The molecule has 2 aromatic rings. The molecule has 210 valence electrons. The number of halogens is 1. The standard InChI is InChI=1S/C24H33FN3O9P/c1-15(2)11-13-34-21(31)16(3)28(38(33)37-17-8-6-5-7-9-17)35-14-18-20(30)24(4,25)22(36-18)27-12-10-19(29)26-23(27)32/h5-10,12,15-16,18,20,22,30,38H,11,13-14H2,1-4H3,(H,26,29,32)/t16?,18-,20-,22-,24-/m1/s1. The van der Waals surface area contributed by atoms with Gasteiger partial charge in [-0.3, -0.25) is 28.5 Å². The number of carbonyl (C=O) groups is 1. The van der Waals surface area contributed by atoms with Crippen LogP contribution in [0, 0.1) is 5.92 Å². The van der Waals surface area contributed by atoms with E-state index in [-0.39, 0.29) is 12.4 Å². The Morgan fingerprint density at radius 2 is 1.95 bits per heavy atom. The molecule has 1 aliphatic rings. The maximum atomic E-state index is 15.5. The Morgan fingerprint density at radius 1 is 1.26 bits per heavy atom. The lowest BCUT2D eigenvalue weighted by atomic mass is 9.98. The van der Waals surface area contributed by atoms with E-state index in [1.807, 2.05) is 18.8 Å². The Labute approximate surface area is 219 Å². The van der Waals surface area contributed by atoms with Gasteiger partial charge in [-0.05, 0) is 38.3 Å². The molecule has 1 fully saturated rings. The van der Waals surface area contributed by atoms with E-state index in [1.165, 1.54) is 6.92 Å². The summed E-state index contributed by atoms with van der Waals surface area (Å²) in [5, 5.41) is 10.6. The first-order valence-electron chi connectivity index (χ1n) is 12.1. The molecule has 2 unspecified atom stereocenters. The van der Waals surface area contributed by atoms with Crippen molar-refractivity contribution in [3.05, 3.63) is 63.4 Å². The number of ether oxygens (including phenoxy) is 2. The third-order valence-electron chi connectivity index (χ3n) is 5.96. The van der Waals surface area contributed by atoms with Crippen LogP contribution in [0.15, 0.2) is 52.2 Å². The van der Waals surface area contributed by atoms with Crippen LogP contribution in [0.5, 0.6) is 5.75 Å². The minimum atomic E-state index is -3.24. The molecule has 1 aliphatic heterocycles. The maximum Gasteiger partial charge on any atom is 0.331 e. The fraction of sp³-hybridized carbons (Fsp3) is 0.542. The van der Waals surface area contributed by atoms with E-state index in [1.54, 1.807) is 30.3 Å². The highest BCUT2D eigenvalue weighted by molar-refractivity contribution is 7.36. The number of aromatic amines is 1. The van der Waals surface area contributed by atoms with Gasteiger partial charge in [0.15, 0.2) is 11.9 Å². The van der Waals surface area contributed by atoms with E-state index in [0.29, 0.717) is 12.3 Å². The molecule has 3 rings (SSSR count). The lowest BCUT2D eigenvalue weighted by Gasteiger charge is -2.27. The molecule has 0 amide bonds. The number of esters is 1. The third kappa shape index (κ3) is 7.17. The molecule has 2 heterocycles. The summed E-state index contributed by atoms with van der Waals surface area (Å²) in [6.07, 6.45) is -3.04. The Kier molecular flexibility index (Phi) is 10.0. The second-order valence-electron chi connectivity index (χ2n) is 9.47. The number of rotatable bonds is 12. The zero-order chi connectivity index (χ0) is 28.0. The smallest absolute Gasteiger partial charge is 0.331 e. The van der Waals surface area contributed by atoms with Crippen LogP contribution in [0.2, 0.25) is 0 Å². The van der Waals surface area contributed by atoms with E-state index in [9.17, 15) is 24.1 Å². The van der Waals surface area contributed by atoms with Gasteiger partial charge in [-0.15, -0.1) is 0 Å². The van der Waals surface area contributed by atoms with Gasteiger partial charge in [-0.1, -0.05) is 36.9 Å². The Hall–Kier alpha value is -2.83. The normalized spacial score (nSPS) is 24.9. The van der Waals surface area contributed by atoms with E-state index >= 15 is 4.39 Å². The number of H-pyrrole nitrogens is 1. The minimum absolute atomic E-state index is 0.148. The zero-order valence-electron chi connectivity index (χ0n) is 21.5. The van der Waals surface area contributed by atoms with Crippen LogP contribution >= 0.6 is 8.18 Å². The molecular formula is C24H33FN3O9P. The van der Waals surface area contributed by atoms with Gasteiger partial charge >= 0.3 is 19.8 Å². The predicted molar refractivity (Wildman–Crippen MR) is 134 cm³/mol. The molecule has 12 nitrogen and oxygen atoms in total. The molecule has 2 N–H and O–H groups in total. The lowest BCUT2D eigenvalue weighted by molar-refractivity contribution is -0.181. The van der Waals surface area contributed by atoms with Crippen LogP contribution < -0.4 is 15.8 Å². The zero-order valence-corrected chi connectivity index (χ0v) is 22.5. The van der Waals surface area contributed by atoms with E-state index in [0.717, 1.165) is 28.6 Å². The summed E-state index contributed by atoms with van der Waals surface area (Å²) in [5.41, 5.74) is -4.08. The Morgan fingerprint density at radius 3 is 2.58 bits per heavy atom. The van der Waals surface area contributed by atoms with Gasteiger partial charge in [0.2, 0.25) is 0 Å². The Bertz CT molecular complexity index is 1220. The summed E-state index contributed by atoms with van der Waals surface area (Å²) in [6.45, 7) is 5.98. The van der Waals surface area contributed by atoms with Crippen molar-refractivity contribution in [3.8, 4) is 5.75 Å². The average Bonchev–Trinajstić information content (AvgIpc) is 3.08. The number of carbonyl (C=O) groups excluding carboxylic acids is 1. The van der Waals surface area contributed by atoms with Crippen LogP contribution in [-0.4, -0.2) is 62.6 Å². The van der Waals surface area contributed by atoms with Crippen LogP contribution in [-0.2, 0) is 23.7 Å². The summed E-state index contributed by atoms with van der Waals surface area (Å²) in [7, 11) is -3.24. The summed E-state index contributed by atoms with van der Waals surface area (Å²) in [6, 6.07) is 8.04. The number of nitrogens with one attached hydrogen (secondary N) is 1. The predicted octanol–water partition coefficient (Wildman–Crippen LogP) is 2.20. The van der Waals surface area contributed by atoms with E-state index < -0.39 is 62.2 Å². The number of aliphatic hydroxyl groups is 1. The van der Waals surface area contributed by atoms with Gasteiger partial charge in [0, 0.05) is 12.3 Å². The van der Waals surface area contributed by atoms with Crippen molar-refractivity contribution >= 4 is 14.1 Å². The number of hydrogen-bond donors (Lipinski definition) is 2. The SMILES string of the molecule is CC(C)CCOC(=O)C(C)N(OC[C@H]1O[C@@H](n2ccc(=O)[nH]c2=O)[C@](C)(F)[C@@H]1O)[PH](=O)Oc1ccccc1. The van der Waals surface area contributed by atoms with Crippen LogP contribution in [0.1, 0.15) is 40.3 Å². The lowest BCUT2D eigenvalue weighted by Crippen LogP contribution is -2.44. The Balaban J connectivity index is 1.76. The summed E-state index contributed by atoms with van der Waals surface area (Å²) in [5.74, 6) is -0.164. The van der Waals surface area contributed by atoms with Crippen molar-refractivity contribution < 1.29 is 37.7 Å². The molecule has 1 aromatic heterocycles. The van der Waals surface area contributed by atoms with Crippen molar-refractivity contribution in [2.45, 2.75) is 64.3 Å². The first-order valence-corrected chi connectivity index (χ1v) is 13.4. The van der Waals surface area contributed by atoms with Gasteiger partial charge < -0.3 is 19.1 Å². The third-order valence-corrected chi connectivity index (χ3v) is 7.25. The van der Waals surface area contributed by atoms with Crippen LogP contribution in [0.4, 0.5) is 4.39 Å². The second kappa shape index (κ2) is 12.8. The molecule has 6 atom stereocenters. The molecule has 0 spiro atoms. The summed E-state index contributed by atoms with van der Waals surface area (Å²) in [4.78, 5) is 44.6. The van der Waals surface area contributed by atoms with Crippen molar-refractivity contribution in [1.29, 1.82) is 0 Å². The number of aromatic nitrogens is 2. The number of benzene rings is 1. The van der Waals surface area contributed by atoms with Gasteiger partial charge in [0.1, 0.15) is 24.0 Å². The number of alkyl halides is 1.